The van der Waals surface area contributed by atoms with E-state index in [2.05, 4.69) is 153 Å². The van der Waals surface area contributed by atoms with Crippen molar-refractivity contribution in [3.63, 3.8) is 0 Å². The molecule has 4 saturated carbocycles. The standard InChI is InChI=1S/C60H76N8O5SSi2/c1-42-32-51(64-65-53(42)63-55-67(41-71-30-31-75(9,10)11)48-24-18-19-25-49(48)74-55)66(8)50-27-26-46(52(62-50)54(69)70)47-33-61-68(43(47)2)40-59-35-57(6)34-58(7,36-59)38-60(37-57,39-59)72-28-29-73-76(56(3,4)5,44-20-14-12-15-21-44)45-22-16-13-17-23-45/h12-27,32-33H,28-31,34-41H2,1-11H3,(H,69,70). The first-order valence-corrected chi connectivity index (χ1v) is 33.4. The van der Waals surface area contributed by atoms with Crippen molar-refractivity contribution in [2.45, 2.75) is 137 Å². The second-order valence-corrected chi connectivity index (χ2v) is 36.3. The summed E-state index contributed by atoms with van der Waals surface area (Å²) in [4.78, 5) is 25.4. The van der Waals surface area contributed by atoms with Crippen LogP contribution >= 0.6 is 11.3 Å². The minimum absolute atomic E-state index is 0.0337. The van der Waals surface area contributed by atoms with Crippen molar-refractivity contribution in [3.05, 3.63) is 131 Å². The number of rotatable bonds is 19. The summed E-state index contributed by atoms with van der Waals surface area (Å²) >= 11 is 1.59. The lowest BCUT2D eigenvalue weighted by Gasteiger charge is -2.69. The molecule has 400 valence electrons. The SMILES string of the molecule is Cc1cc(N(C)c2ccc(-c3cnn(CC45CC6(C)CC(C)(C4)CC(OCCO[Si](c4ccccc4)(c4ccccc4)C(C)(C)C)(C6)C5)c3C)c(C(=O)O)n2)nnc1N=c1sc2ccccc2n1COCC[Si](C)(C)C. The van der Waals surface area contributed by atoms with Crippen molar-refractivity contribution >= 4 is 71.7 Å². The number of benzene rings is 3. The Balaban J connectivity index is 0.862. The summed E-state index contributed by atoms with van der Waals surface area (Å²) in [7, 11) is -2.14. The van der Waals surface area contributed by atoms with E-state index in [4.69, 9.17) is 29.0 Å². The molecule has 4 fully saturated rings. The van der Waals surface area contributed by atoms with Gasteiger partial charge in [-0.2, -0.15) is 10.1 Å². The van der Waals surface area contributed by atoms with Crippen LogP contribution in [0.3, 0.4) is 0 Å². The molecule has 16 heteroatoms. The molecule has 7 aromatic rings. The summed E-state index contributed by atoms with van der Waals surface area (Å²) in [5.41, 5.74) is 4.00. The fraction of sp³-hybridized carbons (Fsp3) is 0.467. The summed E-state index contributed by atoms with van der Waals surface area (Å²) in [6.45, 7) is 25.9. The summed E-state index contributed by atoms with van der Waals surface area (Å²) in [6.07, 6.45) is 8.26. The van der Waals surface area contributed by atoms with Crippen LogP contribution in [0, 0.1) is 30.1 Å². The van der Waals surface area contributed by atoms with Crippen LogP contribution in [0.4, 0.5) is 17.5 Å². The maximum atomic E-state index is 13.1. The molecule has 76 heavy (non-hydrogen) atoms. The molecule has 3 aromatic carbocycles. The van der Waals surface area contributed by atoms with Crippen LogP contribution in [0.25, 0.3) is 21.3 Å². The Bertz CT molecular complexity index is 3270. The van der Waals surface area contributed by atoms with Gasteiger partial charge in [-0.15, -0.1) is 10.2 Å². The minimum atomic E-state index is -2.71. The molecular weight excluding hydrogens is 1000 g/mol. The Hall–Kier alpha value is -5.63. The average Bonchev–Trinajstić information content (AvgIpc) is 3.94. The first-order valence-electron chi connectivity index (χ1n) is 27.0. The zero-order chi connectivity index (χ0) is 53.9. The van der Waals surface area contributed by atoms with Crippen molar-refractivity contribution in [2.24, 2.45) is 21.2 Å². The van der Waals surface area contributed by atoms with E-state index in [1.807, 2.05) is 50.5 Å². The number of anilines is 2. The fourth-order valence-electron chi connectivity index (χ4n) is 14.3. The van der Waals surface area contributed by atoms with Gasteiger partial charge in [-0.1, -0.05) is 138 Å². The number of fused-ring (bicyclic) bond motifs is 1. The maximum Gasteiger partial charge on any atom is 0.355 e. The molecule has 0 radical (unpaired) electrons. The third-order valence-corrected chi connectivity index (χ3v) is 24.3. The fourth-order valence-corrected chi connectivity index (χ4v) is 20.6. The molecule has 13 nitrogen and oxygen atoms in total. The van der Waals surface area contributed by atoms with Crippen molar-refractivity contribution in [1.82, 2.24) is 29.5 Å². The van der Waals surface area contributed by atoms with Gasteiger partial charge >= 0.3 is 5.97 Å². The highest BCUT2D eigenvalue weighted by Crippen LogP contribution is 2.72. The average molecular weight is 1080 g/mol. The zero-order valence-corrected chi connectivity index (χ0v) is 49.3. The topological polar surface area (TPSA) is 142 Å². The van der Waals surface area contributed by atoms with E-state index in [1.165, 1.54) is 16.8 Å². The van der Waals surface area contributed by atoms with E-state index in [1.54, 1.807) is 16.2 Å². The monoisotopic (exact) mass is 1080 g/mol. The summed E-state index contributed by atoms with van der Waals surface area (Å²) < 4.78 is 26.1. The van der Waals surface area contributed by atoms with Crippen LogP contribution in [-0.4, -0.2) is 89.5 Å². The Labute approximate surface area is 454 Å². The van der Waals surface area contributed by atoms with E-state index in [0.717, 1.165) is 76.5 Å². The molecule has 0 spiro atoms. The lowest BCUT2D eigenvalue weighted by Crippen LogP contribution is -2.67. The number of pyridine rings is 1. The Kier molecular flexibility index (Phi) is 14.4. The predicted octanol–water partition coefficient (Wildman–Crippen LogP) is 12.1. The van der Waals surface area contributed by atoms with Crippen LogP contribution in [-0.2, 0) is 27.2 Å². The van der Waals surface area contributed by atoms with Gasteiger partial charge in [-0.25, -0.2) is 9.78 Å². The largest absolute Gasteiger partial charge is 0.476 e. The lowest BCUT2D eigenvalue weighted by atomic mass is 9.39. The van der Waals surface area contributed by atoms with E-state index in [0.29, 0.717) is 49.6 Å². The first kappa shape index (κ1) is 53.8. The number of hydrogen-bond donors (Lipinski definition) is 1. The van der Waals surface area contributed by atoms with Gasteiger partial charge in [-0.3, -0.25) is 9.25 Å². The number of aromatic carboxylic acids is 1. The third-order valence-electron chi connectivity index (χ3n) is 16.5. The summed E-state index contributed by atoms with van der Waals surface area (Å²) in [5, 5.41) is 27.3. The number of carbonyl (C=O) groups is 1. The number of nitrogens with zero attached hydrogens (tertiary/aromatic N) is 8. The first-order chi connectivity index (χ1) is 36.0. The van der Waals surface area contributed by atoms with Gasteiger partial charge in [0.05, 0.1) is 35.2 Å². The van der Waals surface area contributed by atoms with Crippen molar-refractivity contribution < 1.29 is 23.8 Å². The maximum absolute atomic E-state index is 13.1. The van der Waals surface area contributed by atoms with Gasteiger partial charge in [0, 0.05) is 45.1 Å². The minimum Gasteiger partial charge on any atom is -0.476 e. The Morgan fingerprint density at radius 2 is 1.46 bits per heavy atom. The molecule has 0 aliphatic heterocycles. The molecule has 4 aromatic heterocycles. The van der Waals surface area contributed by atoms with E-state index < -0.39 is 22.4 Å². The number of para-hydroxylation sites is 1. The van der Waals surface area contributed by atoms with Crippen LogP contribution in [0.5, 0.6) is 0 Å². The number of aryl methyl sites for hydroxylation is 1. The van der Waals surface area contributed by atoms with Crippen molar-refractivity contribution in [3.8, 4) is 11.1 Å². The number of aromatic nitrogens is 6. The zero-order valence-electron chi connectivity index (χ0n) is 46.4. The van der Waals surface area contributed by atoms with Gasteiger partial charge in [0.2, 0.25) is 0 Å². The number of carboxylic acid groups (broad SMARTS) is 1. The summed E-state index contributed by atoms with van der Waals surface area (Å²) in [6, 6.07) is 36.6. The number of ether oxygens (including phenoxy) is 2. The van der Waals surface area contributed by atoms with Crippen LogP contribution in [0.15, 0.2) is 114 Å². The van der Waals surface area contributed by atoms with Crippen LogP contribution in [0.2, 0.25) is 30.7 Å². The van der Waals surface area contributed by atoms with E-state index in [9.17, 15) is 9.90 Å². The third kappa shape index (κ3) is 10.6. The van der Waals surface area contributed by atoms with Crippen molar-refractivity contribution in [1.29, 1.82) is 0 Å². The van der Waals surface area contributed by atoms with E-state index >= 15 is 0 Å². The van der Waals surface area contributed by atoms with E-state index in [-0.39, 0.29) is 32.6 Å². The molecular formula is C60H76N8O5SSi2. The predicted molar refractivity (Wildman–Crippen MR) is 310 cm³/mol. The number of carboxylic acids is 1. The molecule has 2 unspecified atom stereocenters. The van der Waals surface area contributed by atoms with Gasteiger partial charge in [-0.05, 0) is 126 Å². The Morgan fingerprint density at radius 3 is 2.09 bits per heavy atom. The highest BCUT2D eigenvalue weighted by molar-refractivity contribution is 7.16. The van der Waals surface area contributed by atoms with Crippen LogP contribution in [0.1, 0.15) is 94.9 Å². The lowest BCUT2D eigenvalue weighted by molar-refractivity contribution is -0.249. The van der Waals surface area contributed by atoms with Gasteiger partial charge in [0.1, 0.15) is 12.5 Å². The highest BCUT2D eigenvalue weighted by Gasteiger charge is 2.66. The highest BCUT2D eigenvalue weighted by atomic mass is 32.1. The number of thiazole rings is 1. The van der Waals surface area contributed by atoms with Crippen LogP contribution < -0.4 is 20.1 Å². The molecule has 0 saturated heterocycles. The molecule has 4 aliphatic carbocycles. The molecule has 4 aliphatic rings. The second kappa shape index (κ2) is 20.3. The summed E-state index contributed by atoms with van der Waals surface area (Å²) in [5.74, 6) is 0.329. The van der Waals surface area contributed by atoms with Crippen molar-refractivity contribution in [2.75, 3.05) is 31.8 Å². The number of hydrogen-bond acceptors (Lipinski definition) is 11. The molecule has 2 atom stereocenters. The molecule has 0 amide bonds. The Morgan fingerprint density at radius 1 is 0.803 bits per heavy atom. The smallest absolute Gasteiger partial charge is 0.355 e. The molecule has 1 N–H and O–H groups in total. The normalized spacial score (nSPS) is 22.7. The van der Waals surface area contributed by atoms with Gasteiger partial charge in [0.25, 0.3) is 8.32 Å². The van der Waals surface area contributed by atoms with Gasteiger partial charge < -0.3 is 23.9 Å². The van der Waals surface area contributed by atoms with Gasteiger partial charge in [0.15, 0.2) is 22.1 Å². The second-order valence-electron chi connectivity index (χ2n) is 25.4. The quantitative estimate of drug-likeness (QED) is 0.0614. The molecule has 4 heterocycles. The molecule has 11 rings (SSSR count). The molecule has 4 bridgehead atoms.